The van der Waals surface area contributed by atoms with Gasteiger partial charge in [-0.05, 0) is 42.7 Å². The zero-order valence-corrected chi connectivity index (χ0v) is 13.0. The summed E-state index contributed by atoms with van der Waals surface area (Å²) in [6, 6.07) is 4.75. The van der Waals surface area contributed by atoms with Crippen molar-refractivity contribution in [2.45, 2.75) is 24.7 Å². The summed E-state index contributed by atoms with van der Waals surface area (Å²) in [6.45, 7) is 1.31. The van der Waals surface area contributed by atoms with Crippen LogP contribution in [0.4, 0.5) is 8.78 Å². The number of pyridine rings is 1. The molecule has 1 heterocycles. The molecule has 0 saturated carbocycles. The number of carbonyl (C=O) groups is 1. The number of aromatic nitrogens is 1. The number of amides is 1. The largest absolute Gasteiger partial charge is 0.274 e. The Hall–Kier alpha value is -2.35. The number of hydrogen-bond donors (Lipinski definition) is 1. The van der Waals surface area contributed by atoms with Crippen LogP contribution in [0.15, 0.2) is 41.6 Å². The lowest BCUT2D eigenvalue weighted by molar-refractivity contribution is -0.119. The van der Waals surface area contributed by atoms with Gasteiger partial charge < -0.3 is 0 Å². The Balaban J connectivity index is 2.09. The van der Waals surface area contributed by atoms with Gasteiger partial charge in [-0.15, -0.1) is 0 Å². The number of sulfonamides is 1. The molecule has 1 aromatic heterocycles. The van der Waals surface area contributed by atoms with Crippen LogP contribution in [-0.4, -0.2) is 19.3 Å². The number of aryl methyl sites for hydroxylation is 2. The maximum Gasteiger partial charge on any atom is 0.267 e. The zero-order chi connectivity index (χ0) is 17.0. The van der Waals surface area contributed by atoms with Crippen molar-refractivity contribution in [3.8, 4) is 0 Å². The van der Waals surface area contributed by atoms with Crippen LogP contribution in [0, 0.1) is 18.6 Å². The van der Waals surface area contributed by atoms with Gasteiger partial charge in [0.2, 0.25) is 5.91 Å². The molecule has 1 N–H and O–H groups in total. The average Bonchev–Trinajstić information content (AvgIpc) is 2.49. The minimum absolute atomic E-state index is 0.0237. The van der Waals surface area contributed by atoms with E-state index in [2.05, 4.69) is 4.98 Å². The van der Waals surface area contributed by atoms with E-state index in [-0.39, 0.29) is 18.4 Å². The molecule has 5 nitrogen and oxygen atoms in total. The first-order chi connectivity index (χ1) is 10.8. The van der Waals surface area contributed by atoms with E-state index in [9.17, 15) is 22.0 Å². The minimum Gasteiger partial charge on any atom is -0.274 e. The van der Waals surface area contributed by atoms with Gasteiger partial charge in [-0.2, -0.15) is 0 Å². The maximum absolute atomic E-state index is 13.7. The number of nitrogens with one attached hydrogen (secondary N) is 1. The van der Waals surface area contributed by atoms with Crippen LogP contribution in [0.3, 0.4) is 0 Å². The summed E-state index contributed by atoms with van der Waals surface area (Å²) >= 11 is 0. The van der Waals surface area contributed by atoms with Crippen molar-refractivity contribution in [3.63, 3.8) is 0 Å². The Morgan fingerprint density at radius 2 is 2.00 bits per heavy atom. The molecule has 0 bridgehead atoms. The molecule has 0 spiro atoms. The van der Waals surface area contributed by atoms with E-state index in [1.807, 2.05) is 0 Å². The predicted molar refractivity (Wildman–Crippen MR) is 79.0 cm³/mol. The number of carbonyl (C=O) groups excluding carboxylic acids is 1. The summed E-state index contributed by atoms with van der Waals surface area (Å²) in [4.78, 5) is 14.7. The highest BCUT2D eigenvalue weighted by molar-refractivity contribution is 7.90. The number of halogens is 2. The summed E-state index contributed by atoms with van der Waals surface area (Å²) < 4.78 is 52.9. The van der Waals surface area contributed by atoms with Gasteiger partial charge in [-0.3, -0.25) is 9.78 Å². The number of hydrogen-bond acceptors (Lipinski definition) is 4. The van der Waals surface area contributed by atoms with Gasteiger partial charge in [0.1, 0.15) is 16.5 Å². The molecule has 1 amide bonds. The molecular weight excluding hydrogens is 326 g/mol. The van der Waals surface area contributed by atoms with E-state index in [4.69, 9.17) is 0 Å². The predicted octanol–water partition coefficient (Wildman–Crippen LogP) is 2.11. The topological polar surface area (TPSA) is 76.1 Å². The summed E-state index contributed by atoms with van der Waals surface area (Å²) in [5.41, 5.74) is 0.733. The lowest BCUT2D eigenvalue weighted by Gasteiger charge is -2.09. The monoisotopic (exact) mass is 340 g/mol. The van der Waals surface area contributed by atoms with Crippen LogP contribution >= 0.6 is 0 Å². The van der Waals surface area contributed by atoms with Crippen LogP contribution in [0.1, 0.15) is 17.5 Å². The molecule has 8 heteroatoms. The molecule has 1 aromatic carbocycles. The van der Waals surface area contributed by atoms with Gasteiger partial charge in [0.05, 0.1) is 0 Å². The quantitative estimate of drug-likeness (QED) is 0.904. The molecule has 0 unspecified atom stereocenters. The standard InChI is InChI=1S/C15H14F2N2O3S/c1-10-7-13(17)14(8-12(10)16)23(21,22)19-15(20)5-4-11-3-2-6-18-9-11/h2-3,6-9H,4-5H2,1H3,(H,19,20). The lowest BCUT2D eigenvalue weighted by Crippen LogP contribution is -2.31. The van der Waals surface area contributed by atoms with Crippen LogP contribution in [0.25, 0.3) is 0 Å². The number of benzene rings is 1. The normalized spacial score (nSPS) is 11.3. The average molecular weight is 340 g/mol. The van der Waals surface area contributed by atoms with Gasteiger partial charge in [-0.25, -0.2) is 21.9 Å². The summed E-state index contributed by atoms with van der Waals surface area (Å²) in [7, 11) is -4.46. The third kappa shape index (κ3) is 4.32. The van der Waals surface area contributed by atoms with Crippen molar-refractivity contribution in [1.29, 1.82) is 0 Å². The first-order valence-corrected chi connectivity index (χ1v) is 8.18. The van der Waals surface area contributed by atoms with Gasteiger partial charge in [0, 0.05) is 18.8 Å². The van der Waals surface area contributed by atoms with Crippen molar-refractivity contribution in [3.05, 3.63) is 59.4 Å². The molecule has 23 heavy (non-hydrogen) atoms. The molecule has 2 rings (SSSR count). The van der Waals surface area contributed by atoms with Crippen molar-refractivity contribution >= 4 is 15.9 Å². The van der Waals surface area contributed by atoms with E-state index in [0.717, 1.165) is 11.6 Å². The second kappa shape index (κ2) is 6.82. The van der Waals surface area contributed by atoms with Crippen molar-refractivity contribution in [2.24, 2.45) is 0 Å². The van der Waals surface area contributed by atoms with Gasteiger partial charge >= 0.3 is 0 Å². The molecule has 0 saturated heterocycles. The summed E-state index contributed by atoms with van der Waals surface area (Å²) in [5, 5.41) is 0. The Kier molecular flexibility index (Phi) is 5.05. The smallest absolute Gasteiger partial charge is 0.267 e. The summed E-state index contributed by atoms with van der Waals surface area (Å²) in [5.74, 6) is -2.79. The van der Waals surface area contributed by atoms with E-state index in [0.29, 0.717) is 6.07 Å². The fraction of sp³-hybridized carbons (Fsp3) is 0.200. The van der Waals surface area contributed by atoms with Crippen LogP contribution in [-0.2, 0) is 21.2 Å². The van der Waals surface area contributed by atoms with Gasteiger partial charge in [-0.1, -0.05) is 6.07 Å². The van der Waals surface area contributed by atoms with E-state index in [1.165, 1.54) is 6.92 Å². The molecule has 0 aliphatic carbocycles. The second-order valence-electron chi connectivity index (χ2n) is 4.92. The van der Waals surface area contributed by atoms with Crippen molar-refractivity contribution in [2.75, 3.05) is 0 Å². The Morgan fingerprint density at radius 3 is 2.65 bits per heavy atom. The Morgan fingerprint density at radius 1 is 1.26 bits per heavy atom. The SMILES string of the molecule is Cc1cc(F)c(S(=O)(=O)NC(=O)CCc2cccnc2)cc1F. The Labute approximate surface area is 132 Å². The van der Waals surface area contributed by atoms with Crippen LogP contribution < -0.4 is 4.72 Å². The number of rotatable bonds is 5. The summed E-state index contributed by atoms with van der Waals surface area (Å²) in [6.07, 6.45) is 3.28. The zero-order valence-electron chi connectivity index (χ0n) is 12.2. The van der Waals surface area contributed by atoms with Gasteiger partial charge in [0.15, 0.2) is 0 Å². The first kappa shape index (κ1) is 17.0. The molecule has 2 aromatic rings. The fourth-order valence-electron chi connectivity index (χ4n) is 1.89. The molecule has 0 atom stereocenters. The van der Waals surface area contributed by atoms with Crippen molar-refractivity contribution in [1.82, 2.24) is 9.71 Å². The molecule has 0 radical (unpaired) electrons. The van der Waals surface area contributed by atoms with Crippen LogP contribution in [0.2, 0.25) is 0 Å². The van der Waals surface area contributed by atoms with Crippen molar-refractivity contribution < 1.29 is 22.0 Å². The third-order valence-electron chi connectivity index (χ3n) is 3.11. The fourth-order valence-corrected chi connectivity index (χ4v) is 2.98. The molecule has 0 fully saturated rings. The Bertz CT molecular complexity index is 824. The minimum atomic E-state index is -4.46. The maximum atomic E-state index is 13.7. The van der Waals surface area contributed by atoms with E-state index >= 15 is 0 Å². The van der Waals surface area contributed by atoms with Gasteiger partial charge in [0.25, 0.3) is 10.0 Å². The number of nitrogens with zero attached hydrogens (tertiary/aromatic N) is 1. The molecule has 0 aliphatic heterocycles. The molecular formula is C15H14F2N2O3S. The van der Waals surface area contributed by atoms with Crippen LogP contribution in [0.5, 0.6) is 0 Å². The van der Waals surface area contributed by atoms with E-state index in [1.54, 1.807) is 29.2 Å². The highest BCUT2D eigenvalue weighted by atomic mass is 32.2. The molecule has 122 valence electrons. The molecule has 0 aliphatic rings. The first-order valence-electron chi connectivity index (χ1n) is 6.70. The lowest BCUT2D eigenvalue weighted by atomic mass is 10.1. The highest BCUT2D eigenvalue weighted by Gasteiger charge is 2.23. The third-order valence-corrected chi connectivity index (χ3v) is 4.50. The highest BCUT2D eigenvalue weighted by Crippen LogP contribution is 2.18. The van der Waals surface area contributed by atoms with E-state index < -0.39 is 32.5 Å². The second-order valence-corrected chi connectivity index (χ2v) is 6.57.